The smallest absolute Gasteiger partial charge is 0.170 e. The molecule has 1 fully saturated rings. The van der Waals surface area contributed by atoms with Crippen molar-refractivity contribution in [2.75, 3.05) is 13.2 Å². The van der Waals surface area contributed by atoms with Crippen molar-refractivity contribution < 1.29 is 14.7 Å². The van der Waals surface area contributed by atoms with E-state index in [1.54, 1.807) is 18.2 Å². The molecule has 6 heteroatoms. The van der Waals surface area contributed by atoms with Crippen LogP contribution >= 0.6 is 11.6 Å². The second-order valence-electron chi connectivity index (χ2n) is 3.41. The van der Waals surface area contributed by atoms with Crippen LogP contribution in [0.4, 0.5) is 0 Å². The van der Waals surface area contributed by atoms with E-state index in [1.165, 1.54) is 0 Å². The van der Waals surface area contributed by atoms with Gasteiger partial charge in [-0.15, -0.1) is 0 Å². The van der Waals surface area contributed by atoms with E-state index in [0.29, 0.717) is 29.5 Å². The topological polar surface area (TPSA) is 77.1 Å². The van der Waals surface area contributed by atoms with Crippen LogP contribution in [0.1, 0.15) is 5.56 Å². The zero-order chi connectivity index (χ0) is 11.5. The summed E-state index contributed by atoms with van der Waals surface area (Å²) in [5.74, 6) is 0.588. The lowest BCUT2D eigenvalue weighted by Gasteiger charge is -2.27. The Kier molecular flexibility index (Phi) is 3.17. The first kappa shape index (κ1) is 11.0. The summed E-state index contributed by atoms with van der Waals surface area (Å²) in [7, 11) is 0. The van der Waals surface area contributed by atoms with Crippen LogP contribution in [0.25, 0.3) is 0 Å². The molecule has 86 valence electrons. The lowest BCUT2D eigenvalue weighted by molar-refractivity contribution is -0.0796. The third-order valence-electron chi connectivity index (χ3n) is 2.24. The first-order chi connectivity index (χ1) is 7.70. The van der Waals surface area contributed by atoms with Gasteiger partial charge in [0, 0.05) is 5.56 Å². The molecule has 0 aliphatic carbocycles. The number of oxime groups is 1. The molecule has 0 amide bonds. The first-order valence-electron chi connectivity index (χ1n) is 4.72. The van der Waals surface area contributed by atoms with Gasteiger partial charge in [-0.2, -0.15) is 0 Å². The van der Waals surface area contributed by atoms with Crippen molar-refractivity contribution in [1.29, 1.82) is 0 Å². The van der Waals surface area contributed by atoms with E-state index >= 15 is 0 Å². The van der Waals surface area contributed by atoms with E-state index in [-0.39, 0.29) is 11.9 Å². The predicted molar refractivity (Wildman–Crippen MR) is 59.2 cm³/mol. The van der Waals surface area contributed by atoms with Crippen molar-refractivity contribution in [3.63, 3.8) is 0 Å². The van der Waals surface area contributed by atoms with Gasteiger partial charge in [-0.1, -0.05) is 16.8 Å². The number of hydrogen-bond acceptors (Lipinski definition) is 4. The Hall–Kier alpha value is -1.46. The Morgan fingerprint density at radius 1 is 1.56 bits per heavy atom. The molecular weight excluding hydrogens is 232 g/mol. The van der Waals surface area contributed by atoms with E-state index in [1.807, 2.05) is 0 Å². The quantitative estimate of drug-likeness (QED) is 0.362. The molecule has 16 heavy (non-hydrogen) atoms. The van der Waals surface area contributed by atoms with Gasteiger partial charge in [0.25, 0.3) is 0 Å². The fourth-order valence-electron chi connectivity index (χ4n) is 1.28. The predicted octanol–water partition coefficient (Wildman–Crippen LogP) is 1.21. The van der Waals surface area contributed by atoms with Crippen molar-refractivity contribution in [1.82, 2.24) is 0 Å². The molecule has 5 nitrogen and oxygen atoms in total. The lowest BCUT2D eigenvalue weighted by atomic mass is 10.2. The van der Waals surface area contributed by atoms with Gasteiger partial charge >= 0.3 is 0 Å². The van der Waals surface area contributed by atoms with E-state index in [2.05, 4.69) is 5.16 Å². The van der Waals surface area contributed by atoms with E-state index in [9.17, 15) is 0 Å². The molecule has 0 unspecified atom stereocenters. The van der Waals surface area contributed by atoms with Crippen LogP contribution in [-0.4, -0.2) is 30.4 Å². The number of hydrogen-bond donors (Lipinski definition) is 2. The Morgan fingerprint density at radius 3 is 2.81 bits per heavy atom. The zero-order valence-corrected chi connectivity index (χ0v) is 9.15. The largest absolute Gasteiger partial charge is 0.484 e. The van der Waals surface area contributed by atoms with Gasteiger partial charge in [-0.25, -0.2) is 0 Å². The van der Waals surface area contributed by atoms with Gasteiger partial charge in [0.05, 0.1) is 18.2 Å². The molecule has 1 aromatic rings. The summed E-state index contributed by atoms with van der Waals surface area (Å²) >= 11 is 6.00. The summed E-state index contributed by atoms with van der Waals surface area (Å²) in [5.41, 5.74) is 5.98. The van der Waals surface area contributed by atoms with Gasteiger partial charge in [0.15, 0.2) is 5.84 Å². The number of nitrogens with zero attached hydrogens (tertiary/aromatic N) is 1. The fraction of sp³-hybridized carbons (Fsp3) is 0.300. The molecule has 0 bridgehead atoms. The van der Waals surface area contributed by atoms with Crippen LogP contribution in [0.15, 0.2) is 23.4 Å². The SMILES string of the molecule is N/C(=N/O)c1ccc(OC2COC2)c(Cl)c1. The minimum Gasteiger partial charge on any atom is -0.484 e. The van der Waals surface area contributed by atoms with Crippen LogP contribution in [0.2, 0.25) is 5.02 Å². The van der Waals surface area contributed by atoms with Crippen LogP contribution in [0.5, 0.6) is 5.75 Å². The minimum atomic E-state index is 0.0143. The first-order valence-corrected chi connectivity index (χ1v) is 5.10. The Morgan fingerprint density at radius 2 is 2.31 bits per heavy atom. The normalized spacial score (nSPS) is 16.9. The van der Waals surface area contributed by atoms with E-state index < -0.39 is 0 Å². The zero-order valence-electron chi connectivity index (χ0n) is 8.39. The van der Waals surface area contributed by atoms with Gasteiger partial charge < -0.3 is 20.4 Å². The molecule has 1 heterocycles. The highest BCUT2D eigenvalue weighted by molar-refractivity contribution is 6.32. The maximum Gasteiger partial charge on any atom is 0.170 e. The highest BCUT2D eigenvalue weighted by atomic mass is 35.5. The molecule has 1 saturated heterocycles. The summed E-state index contributed by atoms with van der Waals surface area (Å²) in [5, 5.41) is 11.8. The molecule has 0 spiro atoms. The standard InChI is InChI=1S/C10H11ClN2O3/c11-8-3-6(10(12)13-14)1-2-9(8)16-7-4-15-5-7/h1-3,7,14H,4-5H2,(H2,12,13). The summed E-state index contributed by atoms with van der Waals surface area (Å²) in [6.45, 7) is 1.16. The van der Waals surface area contributed by atoms with Crippen LogP contribution < -0.4 is 10.5 Å². The third kappa shape index (κ3) is 2.20. The average Bonchev–Trinajstić information content (AvgIpc) is 2.23. The van der Waals surface area contributed by atoms with Crippen molar-refractivity contribution in [3.8, 4) is 5.75 Å². The highest BCUT2D eigenvalue weighted by Gasteiger charge is 2.21. The number of rotatable bonds is 3. The minimum absolute atomic E-state index is 0.0143. The summed E-state index contributed by atoms with van der Waals surface area (Å²) in [6.07, 6.45) is 0.0622. The molecule has 2 rings (SSSR count). The van der Waals surface area contributed by atoms with E-state index in [4.69, 9.17) is 32.0 Å². The molecule has 1 aromatic carbocycles. The van der Waals surface area contributed by atoms with Crippen LogP contribution in [0, 0.1) is 0 Å². The summed E-state index contributed by atoms with van der Waals surface area (Å²) in [4.78, 5) is 0. The van der Waals surface area contributed by atoms with Crippen LogP contribution in [0.3, 0.4) is 0 Å². The van der Waals surface area contributed by atoms with Gasteiger partial charge in [0.2, 0.25) is 0 Å². The Labute approximate surface area is 97.4 Å². The molecule has 1 aliphatic rings. The summed E-state index contributed by atoms with van der Waals surface area (Å²) < 4.78 is 10.5. The second-order valence-corrected chi connectivity index (χ2v) is 3.81. The van der Waals surface area contributed by atoms with Gasteiger partial charge in [-0.05, 0) is 18.2 Å². The van der Waals surface area contributed by atoms with Crippen molar-refractivity contribution in [2.24, 2.45) is 10.9 Å². The molecule has 0 atom stereocenters. The number of halogens is 1. The average molecular weight is 243 g/mol. The highest BCUT2D eigenvalue weighted by Crippen LogP contribution is 2.27. The van der Waals surface area contributed by atoms with Gasteiger partial charge in [0.1, 0.15) is 11.9 Å². The van der Waals surface area contributed by atoms with Crippen LogP contribution in [-0.2, 0) is 4.74 Å². The maximum absolute atomic E-state index is 8.51. The molecular formula is C10H11ClN2O3. The Balaban J connectivity index is 2.15. The number of ether oxygens (including phenoxy) is 2. The molecule has 0 aromatic heterocycles. The van der Waals surface area contributed by atoms with Crippen molar-refractivity contribution >= 4 is 17.4 Å². The fourth-order valence-corrected chi connectivity index (χ4v) is 1.50. The molecule has 0 saturated carbocycles. The van der Waals surface area contributed by atoms with Crippen molar-refractivity contribution in [3.05, 3.63) is 28.8 Å². The monoisotopic (exact) mass is 242 g/mol. The van der Waals surface area contributed by atoms with Gasteiger partial charge in [-0.3, -0.25) is 0 Å². The lowest BCUT2D eigenvalue weighted by Crippen LogP contribution is -2.38. The second kappa shape index (κ2) is 4.59. The summed E-state index contributed by atoms with van der Waals surface area (Å²) in [6, 6.07) is 4.95. The molecule has 1 aliphatic heterocycles. The maximum atomic E-state index is 8.51. The number of nitrogens with two attached hydrogens (primary N) is 1. The third-order valence-corrected chi connectivity index (χ3v) is 2.53. The number of amidine groups is 1. The number of benzene rings is 1. The molecule has 0 radical (unpaired) electrons. The Bertz CT molecular complexity index is 419. The van der Waals surface area contributed by atoms with E-state index in [0.717, 1.165) is 0 Å². The van der Waals surface area contributed by atoms with Crippen molar-refractivity contribution in [2.45, 2.75) is 6.10 Å². The molecule has 3 N–H and O–H groups in total.